The van der Waals surface area contributed by atoms with Crippen molar-refractivity contribution in [3.05, 3.63) is 60.9 Å². The zero-order valence-corrected chi connectivity index (χ0v) is 13.3. The molecule has 1 heterocycles. The van der Waals surface area contributed by atoms with Gasteiger partial charge >= 0.3 is 0 Å². The molecule has 116 valence electrons. The van der Waals surface area contributed by atoms with E-state index >= 15 is 0 Å². The van der Waals surface area contributed by atoms with Crippen LogP contribution in [0.4, 0.5) is 0 Å². The van der Waals surface area contributed by atoms with Crippen molar-refractivity contribution in [2.45, 2.75) is 19.4 Å². The van der Waals surface area contributed by atoms with E-state index in [1.54, 1.807) is 7.11 Å². The number of nitrogens with zero attached hydrogens (tertiary/aromatic N) is 2. The summed E-state index contributed by atoms with van der Waals surface area (Å²) in [6.07, 6.45) is 6.65. The summed E-state index contributed by atoms with van der Waals surface area (Å²) in [6.45, 7) is 1.06. The molecule has 3 aromatic rings. The van der Waals surface area contributed by atoms with Gasteiger partial charge in [0.15, 0.2) is 0 Å². The highest BCUT2D eigenvalue weighted by Crippen LogP contribution is 2.36. The van der Waals surface area contributed by atoms with E-state index in [9.17, 15) is 0 Å². The molecule has 0 N–H and O–H groups in total. The summed E-state index contributed by atoms with van der Waals surface area (Å²) in [4.78, 5) is 4.64. The summed E-state index contributed by atoms with van der Waals surface area (Å²) < 4.78 is 7.72. The minimum atomic E-state index is 0.814. The van der Waals surface area contributed by atoms with E-state index in [0.717, 1.165) is 29.6 Å². The van der Waals surface area contributed by atoms with Crippen LogP contribution in [0, 0.1) is 5.92 Å². The van der Waals surface area contributed by atoms with Crippen molar-refractivity contribution in [1.29, 1.82) is 0 Å². The van der Waals surface area contributed by atoms with Crippen molar-refractivity contribution in [2.24, 2.45) is 5.92 Å². The fraction of sp³-hybridized carbons (Fsp3) is 0.250. The Hall–Kier alpha value is -2.55. The Bertz CT molecular complexity index is 804. The van der Waals surface area contributed by atoms with Crippen LogP contribution in [0.3, 0.4) is 0 Å². The molecule has 0 spiro atoms. The third kappa shape index (κ3) is 2.87. The molecule has 1 aliphatic rings. The SMILES string of the molecule is COc1ccc(-c2ccccc2)c(-c2nccn2CC2CC2)c1. The van der Waals surface area contributed by atoms with Gasteiger partial charge in [0.2, 0.25) is 0 Å². The highest BCUT2D eigenvalue weighted by Gasteiger charge is 2.23. The van der Waals surface area contributed by atoms with Crippen molar-refractivity contribution in [3.63, 3.8) is 0 Å². The van der Waals surface area contributed by atoms with Crippen LogP contribution in [0.2, 0.25) is 0 Å². The minimum Gasteiger partial charge on any atom is -0.497 e. The first kappa shape index (κ1) is 14.1. The Morgan fingerprint density at radius 3 is 2.65 bits per heavy atom. The molecule has 1 fully saturated rings. The van der Waals surface area contributed by atoms with Crippen LogP contribution in [-0.4, -0.2) is 16.7 Å². The maximum Gasteiger partial charge on any atom is 0.140 e. The molecule has 3 nitrogen and oxygen atoms in total. The molecule has 4 rings (SSSR count). The summed E-state index contributed by atoms with van der Waals surface area (Å²) in [5, 5.41) is 0. The van der Waals surface area contributed by atoms with Gasteiger partial charge in [-0.2, -0.15) is 0 Å². The molecule has 3 heteroatoms. The first-order chi connectivity index (χ1) is 11.3. The van der Waals surface area contributed by atoms with E-state index in [2.05, 4.69) is 52.1 Å². The van der Waals surface area contributed by atoms with E-state index < -0.39 is 0 Å². The zero-order chi connectivity index (χ0) is 15.6. The van der Waals surface area contributed by atoms with Gasteiger partial charge in [0.1, 0.15) is 11.6 Å². The molecule has 0 amide bonds. The lowest BCUT2D eigenvalue weighted by molar-refractivity contribution is 0.415. The fourth-order valence-electron chi connectivity index (χ4n) is 2.98. The van der Waals surface area contributed by atoms with Crippen LogP contribution < -0.4 is 4.74 Å². The van der Waals surface area contributed by atoms with E-state index in [0.29, 0.717) is 0 Å². The summed E-state index contributed by atoms with van der Waals surface area (Å²) in [7, 11) is 1.71. The van der Waals surface area contributed by atoms with E-state index in [1.807, 2.05) is 18.3 Å². The third-order valence-corrected chi connectivity index (χ3v) is 4.42. The van der Waals surface area contributed by atoms with Gasteiger partial charge in [-0.1, -0.05) is 30.3 Å². The molecular weight excluding hydrogens is 284 g/mol. The summed E-state index contributed by atoms with van der Waals surface area (Å²) in [6, 6.07) is 16.7. The standard InChI is InChI=1S/C20H20N2O/c1-23-17-9-10-18(16-5-3-2-4-6-16)19(13-17)20-21-11-12-22(20)14-15-7-8-15/h2-6,9-13,15H,7-8,14H2,1H3. The highest BCUT2D eigenvalue weighted by atomic mass is 16.5. The number of ether oxygens (including phenoxy) is 1. The molecule has 0 atom stereocenters. The van der Waals surface area contributed by atoms with Crippen LogP contribution in [0.25, 0.3) is 22.5 Å². The van der Waals surface area contributed by atoms with Gasteiger partial charge < -0.3 is 9.30 Å². The lowest BCUT2D eigenvalue weighted by Crippen LogP contribution is -2.02. The normalized spacial score (nSPS) is 14.0. The van der Waals surface area contributed by atoms with Gasteiger partial charge in [0.25, 0.3) is 0 Å². The Labute approximate surface area is 136 Å². The molecule has 0 radical (unpaired) electrons. The highest BCUT2D eigenvalue weighted by molar-refractivity contribution is 5.81. The second-order valence-electron chi connectivity index (χ2n) is 6.12. The molecule has 1 aromatic heterocycles. The topological polar surface area (TPSA) is 27.1 Å². The average molecular weight is 304 g/mol. The van der Waals surface area contributed by atoms with Crippen LogP contribution in [0.5, 0.6) is 5.75 Å². The van der Waals surface area contributed by atoms with Crippen LogP contribution in [0.15, 0.2) is 60.9 Å². The van der Waals surface area contributed by atoms with Crippen molar-refractivity contribution in [3.8, 4) is 28.3 Å². The van der Waals surface area contributed by atoms with Gasteiger partial charge in [-0.3, -0.25) is 0 Å². The van der Waals surface area contributed by atoms with Gasteiger partial charge in [0.05, 0.1) is 7.11 Å². The van der Waals surface area contributed by atoms with E-state index in [4.69, 9.17) is 4.74 Å². The molecule has 0 saturated heterocycles. The van der Waals surface area contributed by atoms with Gasteiger partial charge in [-0.05, 0) is 48.1 Å². The van der Waals surface area contributed by atoms with Crippen molar-refractivity contribution in [2.75, 3.05) is 7.11 Å². The lowest BCUT2D eigenvalue weighted by Gasteiger charge is -2.13. The Balaban J connectivity index is 1.84. The maximum atomic E-state index is 5.44. The van der Waals surface area contributed by atoms with Crippen molar-refractivity contribution < 1.29 is 4.74 Å². The van der Waals surface area contributed by atoms with Crippen molar-refractivity contribution in [1.82, 2.24) is 9.55 Å². The number of benzene rings is 2. The Morgan fingerprint density at radius 1 is 1.09 bits per heavy atom. The van der Waals surface area contributed by atoms with Crippen LogP contribution in [0.1, 0.15) is 12.8 Å². The number of imidazole rings is 1. The molecule has 0 aliphatic heterocycles. The summed E-state index contributed by atoms with van der Waals surface area (Å²) >= 11 is 0. The van der Waals surface area contributed by atoms with Gasteiger partial charge in [-0.15, -0.1) is 0 Å². The van der Waals surface area contributed by atoms with E-state index in [1.165, 1.54) is 24.0 Å². The first-order valence-electron chi connectivity index (χ1n) is 8.10. The van der Waals surface area contributed by atoms with Crippen LogP contribution in [-0.2, 0) is 6.54 Å². The molecule has 1 aliphatic carbocycles. The number of hydrogen-bond acceptors (Lipinski definition) is 2. The molecule has 0 unspecified atom stereocenters. The van der Waals surface area contributed by atoms with E-state index in [-0.39, 0.29) is 0 Å². The lowest BCUT2D eigenvalue weighted by atomic mass is 9.98. The second-order valence-corrected chi connectivity index (χ2v) is 6.12. The fourth-order valence-corrected chi connectivity index (χ4v) is 2.98. The third-order valence-electron chi connectivity index (χ3n) is 4.42. The largest absolute Gasteiger partial charge is 0.497 e. The molecular formula is C20H20N2O. The van der Waals surface area contributed by atoms with Gasteiger partial charge in [-0.25, -0.2) is 4.98 Å². The van der Waals surface area contributed by atoms with Crippen molar-refractivity contribution >= 4 is 0 Å². The maximum absolute atomic E-state index is 5.44. The predicted molar refractivity (Wildman–Crippen MR) is 92.4 cm³/mol. The van der Waals surface area contributed by atoms with Gasteiger partial charge in [0, 0.05) is 24.5 Å². The monoisotopic (exact) mass is 304 g/mol. The first-order valence-corrected chi connectivity index (χ1v) is 8.10. The average Bonchev–Trinajstić information content (AvgIpc) is 3.30. The molecule has 2 aromatic carbocycles. The number of methoxy groups -OCH3 is 1. The number of rotatable bonds is 5. The zero-order valence-electron chi connectivity index (χ0n) is 13.3. The quantitative estimate of drug-likeness (QED) is 0.687. The molecule has 1 saturated carbocycles. The van der Waals surface area contributed by atoms with Crippen LogP contribution >= 0.6 is 0 Å². The molecule has 0 bridgehead atoms. The summed E-state index contributed by atoms with van der Waals surface area (Å²) in [5.74, 6) is 2.70. The Kier molecular flexibility index (Phi) is 3.62. The predicted octanol–water partition coefficient (Wildman–Crippen LogP) is 4.64. The number of aromatic nitrogens is 2. The molecule has 23 heavy (non-hydrogen) atoms. The smallest absolute Gasteiger partial charge is 0.140 e. The second kappa shape index (κ2) is 5.92. The Morgan fingerprint density at radius 2 is 1.91 bits per heavy atom. The number of hydrogen-bond donors (Lipinski definition) is 0. The minimum absolute atomic E-state index is 0.814. The summed E-state index contributed by atoms with van der Waals surface area (Å²) in [5.41, 5.74) is 3.52.